The van der Waals surface area contributed by atoms with Crippen LogP contribution in [0.25, 0.3) is 22.3 Å². The summed E-state index contributed by atoms with van der Waals surface area (Å²) >= 11 is 0. The van der Waals surface area contributed by atoms with Crippen LogP contribution in [0.4, 0.5) is 0 Å². The molecule has 0 N–H and O–H groups in total. The number of aromatic nitrogens is 5. The molecule has 0 spiro atoms. The van der Waals surface area contributed by atoms with Crippen molar-refractivity contribution in [3.63, 3.8) is 0 Å². The van der Waals surface area contributed by atoms with Crippen molar-refractivity contribution >= 4 is 11.0 Å². The van der Waals surface area contributed by atoms with Gasteiger partial charge in [-0.3, -0.25) is 4.98 Å². The third-order valence-electron chi connectivity index (χ3n) is 3.98. The van der Waals surface area contributed by atoms with E-state index in [1.165, 1.54) is 0 Å². The molecule has 0 saturated heterocycles. The van der Waals surface area contributed by atoms with E-state index in [1.54, 1.807) is 6.20 Å². The van der Waals surface area contributed by atoms with Crippen LogP contribution in [0, 0.1) is 0 Å². The van der Waals surface area contributed by atoms with E-state index in [1.807, 2.05) is 41.5 Å². The summed E-state index contributed by atoms with van der Waals surface area (Å²) in [5.41, 5.74) is 4.11. The number of hydrogen-bond acceptors (Lipinski definition) is 3. The van der Waals surface area contributed by atoms with Crippen LogP contribution in [0.1, 0.15) is 12.7 Å². The average molecular weight is 303 g/mol. The molecule has 0 aliphatic carbocycles. The molecule has 4 rings (SSSR count). The lowest BCUT2D eigenvalue weighted by Crippen LogP contribution is -2.06. The first-order valence-corrected chi connectivity index (χ1v) is 7.71. The maximum absolute atomic E-state index is 4.82. The van der Waals surface area contributed by atoms with Crippen LogP contribution in [-0.2, 0) is 13.1 Å². The zero-order chi connectivity index (χ0) is 15.6. The Labute approximate surface area is 134 Å². The first-order valence-electron chi connectivity index (χ1n) is 7.71. The van der Waals surface area contributed by atoms with E-state index in [4.69, 9.17) is 4.98 Å². The molecule has 3 heterocycles. The predicted molar refractivity (Wildman–Crippen MR) is 90.0 cm³/mol. The average Bonchev–Trinajstić information content (AvgIpc) is 3.22. The Morgan fingerprint density at radius 1 is 1.13 bits per heavy atom. The maximum atomic E-state index is 4.82. The van der Waals surface area contributed by atoms with Crippen molar-refractivity contribution in [2.24, 2.45) is 0 Å². The van der Waals surface area contributed by atoms with Crippen LogP contribution in [0.15, 0.2) is 61.3 Å². The third-order valence-corrected chi connectivity index (χ3v) is 3.98. The maximum Gasteiger partial charge on any atom is 0.129 e. The lowest BCUT2D eigenvalue weighted by molar-refractivity contribution is 0.663. The standard InChI is InChI=1S/C18H17N5/c1-2-23-17-11-20-15(14-6-4-3-5-7-14)10-16(17)21-18(23)12-22-9-8-19-13-22/h3-11,13H,2,12H2,1H3. The fourth-order valence-electron chi connectivity index (χ4n) is 2.86. The van der Waals surface area contributed by atoms with Gasteiger partial charge in [0, 0.05) is 24.5 Å². The highest BCUT2D eigenvalue weighted by Crippen LogP contribution is 2.23. The van der Waals surface area contributed by atoms with E-state index < -0.39 is 0 Å². The Balaban J connectivity index is 1.80. The monoisotopic (exact) mass is 303 g/mol. The van der Waals surface area contributed by atoms with Crippen molar-refractivity contribution in [2.45, 2.75) is 20.0 Å². The minimum absolute atomic E-state index is 0.711. The molecule has 1 aromatic carbocycles. The Morgan fingerprint density at radius 2 is 2.00 bits per heavy atom. The quantitative estimate of drug-likeness (QED) is 0.581. The molecule has 23 heavy (non-hydrogen) atoms. The van der Waals surface area contributed by atoms with Crippen LogP contribution in [-0.4, -0.2) is 24.1 Å². The molecule has 0 radical (unpaired) electrons. The van der Waals surface area contributed by atoms with Crippen LogP contribution in [0.5, 0.6) is 0 Å². The summed E-state index contributed by atoms with van der Waals surface area (Å²) in [5.74, 6) is 1.02. The van der Waals surface area contributed by atoms with Gasteiger partial charge in [0.15, 0.2) is 0 Å². The van der Waals surface area contributed by atoms with Gasteiger partial charge >= 0.3 is 0 Å². The van der Waals surface area contributed by atoms with E-state index >= 15 is 0 Å². The Hall–Kier alpha value is -2.95. The summed E-state index contributed by atoms with van der Waals surface area (Å²) in [6.07, 6.45) is 7.47. The molecular formula is C18H17N5. The van der Waals surface area contributed by atoms with Gasteiger partial charge < -0.3 is 9.13 Å². The highest BCUT2D eigenvalue weighted by atomic mass is 15.1. The second kappa shape index (κ2) is 5.68. The predicted octanol–water partition coefficient (Wildman–Crippen LogP) is 3.36. The lowest BCUT2D eigenvalue weighted by atomic mass is 10.1. The highest BCUT2D eigenvalue weighted by Gasteiger charge is 2.11. The second-order valence-corrected chi connectivity index (χ2v) is 5.43. The molecule has 0 amide bonds. The molecule has 4 aromatic rings. The van der Waals surface area contributed by atoms with Crippen LogP contribution in [0.3, 0.4) is 0 Å². The molecule has 5 nitrogen and oxygen atoms in total. The topological polar surface area (TPSA) is 48.5 Å². The van der Waals surface area contributed by atoms with Gasteiger partial charge in [0.25, 0.3) is 0 Å². The highest BCUT2D eigenvalue weighted by molar-refractivity contribution is 5.80. The van der Waals surface area contributed by atoms with Crippen molar-refractivity contribution < 1.29 is 0 Å². The van der Waals surface area contributed by atoms with Crippen LogP contribution < -0.4 is 0 Å². The van der Waals surface area contributed by atoms with E-state index in [9.17, 15) is 0 Å². The molecule has 0 aliphatic rings. The normalized spacial score (nSPS) is 11.2. The number of imidazole rings is 2. The smallest absolute Gasteiger partial charge is 0.129 e. The largest absolute Gasteiger partial charge is 0.330 e. The Bertz CT molecular complexity index is 923. The third kappa shape index (κ3) is 2.50. The SMILES string of the molecule is CCn1c(Cn2ccnc2)nc2cc(-c3ccccc3)ncc21. The number of nitrogens with zero attached hydrogens (tertiary/aromatic N) is 5. The van der Waals surface area contributed by atoms with Crippen LogP contribution >= 0.6 is 0 Å². The van der Waals surface area contributed by atoms with E-state index in [-0.39, 0.29) is 0 Å². The zero-order valence-electron chi connectivity index (χ0n) is 12.9. The Morgan fingerprint density at radius 3 is 2.74 bits per heavy atom. The van der Waals surface area contributed by atoms with Gasteiger partial charge in [-0.15, -0.1) is 0 Å². The fraction of sp³-hybridized carbons (Fsp3) is 0.167. The summed E-state index contributed by atoms with van der Waals surface area (Å²) < 4.78 is 4.23. The Kier molecular flexibility index (Phi) is 3.38. The molecule has 0 saturated carbocycles. The van der Waals surface area contributed by atoms with Crippen molar-refractivity contribution in [1.82, 2.24) is 24.1 Å². The number of rotatable bonds is 4. The van der Waals surface area contributed by atoms with Crippen molar-refractivity contribution in [3.8, 4) is 11.3 Å². The summed E-state index contributed by atoms with van der Waals surface area (Å²) in [5, 5.41) is 0. The summed E-state index contributed by atoms with van der Waals surface area (Å²) in [4.78, 5) is 13.5. The first kappa shape index (κ1) is 13.7. The summed E-state index contributed by atoms with van der Waals surface area (Å²) in [6.45, 7) is 3.71. The number of aryl methyl sites for hydroxylation is 1. The molecule has 3 aromatic heterocycles. The van der Waals surface area contributed by atoms with Gasteiger partial charge in [0.05, 0.1) is 35.8 Å². The van der Waals surface area contributed by atoms with Gasteiger partial charge in [0.1, 0.15) is 5.82 Å². The number of benzene rings is 1. The summed E-state index contributed by atoms with van der Waals surface area (Å²) in [6, 6.07) is 12.3. The van der Waals surface area contributed by atoms with Gasteiger partial charge in [0.2, 0.25) is 0 Å². The van der Waals surface area contributed by atoms with Crippen molar-refractivity contribution in [1.29, 1.82) is 0 Å². The van der Waals surface area contributed by atoms with E-state index in [0.29, 0.717) is 6.54 Å². The van der Waals surface area contributed by atoms with Crippen LogP contribution in [0.2, 0.25) is 0 Å². The lowest BCUT2D eigenvalue weighted by Gasteiger charge is -2.06. The molecule has 0 bridgehead atoms. The van der Waals surface area contributed by atoms with Crippen molar-refractivity contribution in [2.75, 3.05) is 0 Å². The molecule has 5 heteroatoms. The number of fused-ring (bicyclic) bond motifs is 1. The molecule has 0 unspecified atom stereocenters. The van der Waals surface area contributed by atoms with Gasteiger partial charge in [-0.25, -0.2) is 9.97 Å². The first-order chi connectivity index (χ1) is 11.3. The van der Waals surface area contributed by atoms with Gasteiger partial charge in [-0.1, -0.05) is 30.3 Å². The minimum Gasteiger partial charge on any atom is -0.330 e. The molecule has 0 atom stereocenters. The number of pyridine rings is 1. The summed E-state index contributed by atoms with van der Waals surface area (Å²) in [7, 11) is 0. The molecule has 0 fully saturated rings. The van der Waals surface area contributed by atoms with Gasteiger partial charge in [-0.2, -0.15) is 0 Å². The molecular weight excluding hydrogens is 286 g/mol. The zero-order valence-corrected chi connectivity index (χ0v) is 12.9. The van der Waals surface area contributed by atoms with E-state index in [2.05, 4.69) is 39.7 Å². The van der Waals surface area contributed by atoms with Gasteiger partial charge in [-0.05, 0) is 13.0 Å². The molecule has 0 aliphatic heterocycles. The minimum atomic E-state index is 0.711. The fourth-order valence-corrected chi connectivity index (χ4v) is 2.86. The number of hydrogen-bond donors (Lipinski definition) is 0. The van der Waals surface area contributed by atoms with E-state index in [0.717, 1.165) is 34.7 Å². The second-order valence-electron chi connectivity index (χ2n) is 5.43. The van der Waals surface area contributed by atoms with Crippen molar-refractivity contribution in [3.05, 3.63) is 67.1 Å². The molecule has 114 valence electrons.